The molecule has 0 spiro atoms. The minimum Gasteiger partial charge on any atom is -0.395 e. The summed E-state index contributed by atoms with van der Waals surface area (Å²) in [6.45, 7) is 5.27. The van der Waals surface area contributed by atoms with E-state index in [1.807, 2.05) is 12.3 Å². The molecule has 0 aromatic heterocycles. The SMILES string of the molecule is CCN(CCCCS(=O)(=O)O)c1ccc(/C=C/C2=CCN(CCO)C=C2)cc1. The summed E-state index contributed by atoms with van der Waals surface area (Å²) in [5.74, 6) is -0.184. The number of allylic oxidation sites excluding steroid dienone is 3. The Bertz CT molecular complexity index is 798. The minimum atomic E-state index is -3.87. The number of rotatable bonds is 11. The maximum atomic E-state index is 10.8. The van der Waals surface area contributed by atoms with Gasteiger partial charge in [0.15, 0.2) is 0 Å². The van der Waals surface area contributed by atoms with Gasteiger partial charge in [0.2, 0.25) is 0 Å². The molecule has 0 radical (unpaired) electrons. The molecular weight excluding hydrogens is 376 g/mol. The van der Waals surface area contributed by atoms with Crippen molar-refractivity contribution < 1.29 is 18.1 Å². The smallest absolute Gasteiger partial charge is 0.264 e. The van der Waals surface area contributed by atoms with E-state index in [1.54, 1.807) is 0 Å². The summed E-state index contributed by atoms with van der Waals surface area (Å²) in [7, 11) is -3.87. The number of aliphatic hydroxyl groups excluding tert-OH is 1. The summed E-state index contributed by atoms with van der Waals surface area (Å²) >= 11 is 0. The summed E-state index contributed by atoms with van der Waals surface area (Å²) < 4.78 is 30.4. The van der Waals surface area contributed by atoms with Gasteiger partial charge in [0.1, 0.15) is 0 Å². The van der Waals surface area contributed by atoms with Crippen molar-refractivity contribution in [3.05, 3.63) is 59.8 Å². The Hall–Kier alpha value is -2.09. The van der Waals surface area contributed by atoms with E-state index in [4.69, 9.17) is 9.66 Å². The molecule has 0 saturated carbocycles. The van der Waals surface area contributed by atoms with E-state index >= 15 is 0 Å². The summed E-state index contributed by atoms with van der Waals surface area (Å²) in [5, 5.41) is 8.96. The molecule has 0 atom stereocenters. The summed E-state index contributed by atoms with van der Waals surface area (Å²) in [6, 6.07) is 8.27. The number of β-amino-alcohol motifs (C(OH)–C–C–N with tert-alkyl or cyclic N) is 1. The summed E-state index contributed by atoms with van der Waals surface area (Å²) in [5.41, 5.74) is 3.36. The molecule has 1 aliphatic rings. The molecule has 1 aromatic rings. The van der Waals surface area contributed by atoms with Crippen LogP contribution in [0.4, 0.5) is 5.69 Å². The number of benzene rings is 1. The fourth-order valence-corrected chi connectivity index (χ4v) is 3.58. The average molecular weight is 407 g/mol. The largest absolute Gasteiger partial charge is 0.395 e. The second-order valence-electron chi connectivity index (χ2n) is 6.74. The molecule has 154 valence electrons. The summed E-state index contributed by atoms with van der Waals surface area (Å²) in [4.78, 5) is 4.25. The van der Waals surface area contributed by atoms with E-state index in [1.165, 1.54) is 0 Å². The molecule has 0 fully saturated rings. The molecule has 0 aliphatic carbocycles. The molecule has 1 aliphatic heterocycles. The van der Waals surface area contributed by atoms with Crippen molar-refractivity contribution in [1.82, 2.24) is 4.90 Å². The molecular formula is C21H30N2O4S. The maximum Gasteiger partial charge on any atom is 0.264 e. The highest BCUT2D eigenvalue weighted by Gasteiger charge is 2.07. The monoisotopic (exact) mass is 406 g/mol. The van der Waals surface area contributed by atoms with Crippen LogP contribution in [-0.2, 0) is 10.1 Å². The Balaban J connectivity index is 1.87. The molecule has 2 N–H and O–H groups in total. The lowest BCUT2D eigenvalue weighted by atomic mass is 10.1. The van der Waals surface area contributed by atoms with Crippen molar-refractivity contribution in [3.63, 3.8) is 0 Å². The van der Waals surface area contributed by atoms with E-state index in [0.717, 1.165) is 36.5 Å². The molecule has 1 aromatic carbocycles. The number of unbranched alkanes of at least 4 members (excludes halogenated alkanes) is 1. The van der Waals surface area contributed by atoms with Gasteiger partial charge in [0.05, 0.1) is 12.4 Å². The van der Waals surface area contributed by atoms with Crippen LogP contribution in [0.2, 0.25) is 0 Å². The lowest BCUT2D eigenvalue weighted by Crippen LogP contribution is -2.24. The van der Waals surface area contributed by atoms with Crippen molar-refractivity contribution in [2.24, 2.45) is 0 Å². The first kappa shape index (κ1) is 22.2. The second kappa shape index (κ2) is 11.0. The van der Waals surface area contributed by atoms with Crippen LogP contribution in [0.1, 0.15) is 25.3 Å². The minimum absolute atomic E-state index is 0.158. The fourth-order valence-electron chi connectivity index (χ4n) is 3.01. The molecule has 28 heavy (non-hydrogen) atoms. The third-order valence-corrected chi connectivity index (χ3v) is 5.42. The third kappa shape index (κ3) is 7.88. The molecule has 6 nitrogen and oxygen atoms in total. The Morgan fingerprint density at radius 1 is 1.18 bits per heavy atom. The average Bonchev–Trinajstić information content (AvgIpc) is 2.68. The predicted molar refractivity (Wildman–Crippen MR) is 115 cm³/mol. The van der Waals surface area contributed by atoms with E-state index in [9.17, 15) is 8.42 Å². The molecule has 1 heterocycles. The van der Waals surface area contributed by atoms with Crippen molar-refractivity contribution in [3.8, 4) is 0 Å². The summed E-state index contributed by atoms with van der Waals surface area (Å²) in [6.07, 6.45) is 11.5. The van der Waals surface area contributed by atoms with Gasteiger partial charge in [-0.2, -0.15) is 8.42 Å². The standard InChI is InChI=1S/C21H30N2O4S/c1-2-23(13-3-4-18-28(25,26)27)21-9-7-19(8-10-21)5-6-20-11-14-22(15-12-20)16-17-24/h5-12,14,24H,2-4,13,15-18H2,1H3,(H,25,26,27)/b6-5+. The lowest BCUT2D eigenvalue weighted by molar-refractivity contribution is 0.244. The van der Waals surface area contributed by atoms with Crippen LogP contribution in [0.3, 0.4) is 0 Å². The zero-order valence-electron chi connectivity index (χ0n) is 16.4. The van der Waals surface area contributed by atoms with Crippen LogP contribution in [0, 0.1) is 0 Å². The molecule has 7 heteroatoms. The van der Waals surface area contributed by atoms with Crippen LogP contribution in [0.15, 0.2) is 54.3 Å². The topological polar surface area (TPSA) is 81.1 Å². The first-order valence-corrected chi connectivity index (χ1v) is 11.2. The van der Waals surface area contributed by atoms with Gasteiger partial charge in [-0.3, -0.25) is 4.55 Å². The van der Waals surface area contributed by atoms with E-state index < -0.39 is 10.1 Å². The van der Waals surface area contributed by atoms with Gasteiger partial charge in [-0.05, 0) is 49.1 Å². The second-order valence-corrected chi connectivity index (χ2v) is 8.31. The van der Waals surface area contributed by atoms with Gasteiger partial charge >= 0.3 is 0 Å². The number of nitrogens with zero attached hydrogens (tertiary/aromatic N) is 2. The molecule has 0 amide bonds. The van der Waals surface area contributed by atoms with Gasteiger partial charge in [-0.1, -0.05) is 30.4 Å². The molecule has 0 saturated heterocycles. The molecule has 0 unspecified atom stereocenters. The van der Waals surface area contributed by atoms with Crippen LogP contribution >= 0.6 is 0 Å². The zero-order chi connectivity index (χ0) is 20.4. The Kier molecular flexibility index (Phi) is 8.76. The molecule has 0 bridgehead atoms. The highest BCUT2D eigenvalue weighted by molar-refractivity contribution is 7.85. The van der Waals surface area contributed by atoms with Crippen molar-refractivity contribution in [2.45, 2.75) is 19.8 Å². The third-order valence-electron chi connectivity index (χ3n) is 4.62. The van der Waals surface area contributed by atoms with E-state index in [0.29, 0.717) is 19.4 Å². The van der Waals surface area contributed by atoms with E-state index in [2.05, 4.69) is 59.2 Å². The van der Waals surface area contributed by atoms with Gasteiger partial charge in [-0.15, -0.1) is 0 Å². The van der Waals surface area contributed by atoms with Gasteiger partial charge in [0, 0.05) is 38.1 Å². The van der Waals surface area contributed by atoms with Gasteiger partial charge in [0.25, 0.3) is 10.1 Å². The number of hydrogen-bond acceptors (Lipinski definition) is 5. The van der Waals surface area contributed by atoms with Crippen LogP contribution in [-0.4, -0.2) is 61.5 Å². The van der Waals surface area contributed by atoms with Crippen molar-refractivity contribution in [2.75, 3.05) is 43.4 Å². The zero-order valence-corrected chi connectivity index (χ0v) is 17.2. The van der Waals surface area contributed by atoms with Gasteiger partial charge in [-0.25, -0.2) is 0 Å². The Morgan fingerprint density at radius 2 is 1.93 bits per heavy atom. The normalized spacial score (nSPS) is 14.5. The van der Waals surface area contributed by atoms with Crippen LogP contribution in [0.25, 0.3) is 6.08 Å². The fraction of sp³-hybridized carbons (Fsp3) is 0.429. The van der Waals surface area contributed by atoms with Crippen LogP contribution in [0.5, 0.6) is 0 Å². The Labute approximate surface area is 168 Å². The van der Waals surface area contributed by atoms with Crippen molar-refractivity contribution in [1.29, 1.82) is 0 Å². The highest BCUT2D eigenvalue weighted by atomic mass is 32.2. The number of anilines is 1. The maximum absolute atomic E-state index is 10.8. The number of hydrogen-bond donors (Lipinski definition) is 2. The molecule has 2 rings (SSSR count). The van der Waals surface area contributed by atoms with E-state index in [-0.39, 0.29) is 12.4 Å². The lowest BCUT2D eigenvalue weighted by Gasteiger charge is -2.23. The number of aliphatic hydroxyl groups is 1. The quantitative estimate of drug-likeness (QED) is 0.434. The van der Waals surface area contributed by atoms with Crippen molar-refractivity contribution >= 4 is 21.9 Å². The first-order valence-electron chi connectivity index (χ1n) is 9.63. The van der Waals surface area contributed by atoms with Gasteiger partial charge < -0.3 is 14.9 Å². The van der Waals surface area contributed by atoms with Crippen LogP contribution < -0.4 is 4.90 Å². The first-order chi connectivity index (χ1) is 13.4. The highest BCUT2D eigenvalue weighted by Crippen LogP contribution is 2.18. The Morgan fingerprint density at radius 3 is 2.50 bits per heavy atom. The predicted octanol–water partition coefficient (Wildman–Crippen LogP) is 2.94.